The highest BCUT2D eigenvalue weighted by molar-refractivity contribution is 6.30. The molecular weight excluding hydrogens is 318 g/mol. The average Bonchev–Trinajstić information content (AvgIpc) is 2.86. The van der Waals surface area contributed by atoms with Crippen LogP contribution in [-0.4, -0.2) is 17.9 Å². The molecule has 6 heteroatoms. The first kappa shape index (κ1) is 15.4. The van der Waals surface area contributed by atoms with Gasteiger partial charge in [-0.2, -0.15) is 0 Å². The molecule has 0 radical (unpaired) electrons. The van der Waals surface area contributed by atoms with Gasteiger partial charge in [0.1, 0.15) is 11.5 Å². The van der Waals surface area contributed by atoms with Gasteiger partial charge in [-0.15, -0.1) is 0 Å². The third-order valence-electron chi connectivity index (χ3n) is 3.52. The van der Waals surface area contributed by atoms with E-state index in [2.05, 4.69) is 4.98 Å². The molecule has 1 heterocycles. The van der Waals surface area contributed by atoms with Gasteiger partial charge in [-0.3, -0.25) is 9.78 Å². The van der Waals surface area contributed by atoms with Gasteiger partial charge in [-0.25, -0.2) is 4.79 Å². The number of aromatic amines is 1. The summed E-state index contributed by atoms with van der Waals surface area (Å²) in [6.07, 6.45) is 0.458. The number of carbonyl (C=O) groups is 1. The Morgan fingerprint density at radius 1 is 1.22 bits per heavy atom. The highest BCUT2D eigenvalue weighted by Gasteiger charge is 2.11. The lowest BCUT2D eigenvalue weighted by atomic mass is 10.0. The summed E-state index contributed by atoms with van der Waals surface area (Å²) in [7, 11) is 1.55. The average molecular weight is 332 g/mol. The standard InChI is InChI=1S/C17H14ClNO4/c1-22-15-5-3-12(18)8-11(15)9-13(20)6-10-2-4-14-16(7-10)23-17(21)19-14/h2-5,7-8H,6,9H2,1H3,(H,19,21). The van der Waals surface area contributed by atoms with Crippen molar-refractivity contribution in [3.63, 3.8) is 0 Å². The van der Waals surface area contributed by atoms with Gasteiger partial charge >= 0.3 is 5.76 Å². The highest BCUT2D eigenvalue weighted by atomic mass is 35.5. The van der Waals surface area contributed by atoms with Crippen molar-refractivity contribution >= 4 is 28.5 Å². The fourth-order valence-electron chi connectivity index (χ4n) is 2.49. The second-order valence-electron chi connectivity index (χ2n) is 5.19. The van der Waals surface area contributed by atoms with E-state index in [0.717, 1.165) is 11.1 Å². The largest absolute Gasteiger partial charge is 0.496 e. The van der Waals surface area contributed by atoms with Gasteiger partial charge in [0.25, 0.3) is 0 Å². The molecule has 0 amide bonds. The molecule has 1 N–H and O–H groups in total. The normalized spacial score (nSPS) is 10.9. The number of Topliss-reactive ketones (excluding diaryl/α,β-unsaturated/α-hetero) is 1. The van der Waals surface area contributed by atoms with Gasteiger partial charge in [-0.1, -0.05) is 17.7 Å². The van der Waals surface area contributed by atoms with Crippen LogP contribution >= 0.6 is 11.6 Å². The van der Waals surface area contributed by atoms with Crippen LogP contribution in [0.4, 0.5) is 0 Å². The fraction of sp³-hybridized carbons (Fsp3) is 0.176. The van der Waals surface area contributed by atoms with E-state index in [1.54, 1.807) is 43.5 Å². The number of benzene rings is 2. The summed E-state index contributed by atoms with van der Waals surface area (Å²) >= 11 is 5.97. The fourth-order valence-corrected chi connectivity index (χ4v) is 2.68. The SMILES string of the molecule is COc1ccc(Cl)cc1CC(=O)Cc1ccc2[nH]c(=O)oc2c1. The first-order chi connectivity index (χ1) is 11.0. The molecule has 3 aromatic rings. The lowest BCUT2D eigenvalue weighted by molar-refractivity contribution is -0.117. The molecule has 0 aliphatic heterocycles. The van der Waals surface area contributed by atoms with Gasteiger partial charge in [0.2, 0.25) is 0 Å². The number of nitrogens with one attached hydrogen (secondary N) is 1. The zero-order valence-corrected chi connectivity index (χ0v) is 13.1. The first-order valence-corrected chi connectivity index (χ1v) is 7.39. The van der Waals surface area contributed by atoms with E-state index in [9.17, 15) is 9.59 Å². The van der Waals surface area contributed by atoms with E-state index in [1.165, 1.54) is 0 Å². The molecule has 0 atom stereocenters. The summed E-state index contributed by atoms with van der Waals surface area (Å²) in [4.78, 5) is 26.0. The summed E-state index contributed by atoms with van der Waals surface area (Å²) in [5.74, 6) is 0.143. The predicted molar refractivity (Wildman–Crippen MR) is 87.3 cm³/mol. The Balaban J connectivity index is 1.78. The van der Waals surface area contributed by atoms with E-state index in [0.29, 0.717) is 21.9 Å². The number of aromatic nitrogens is 1. The van der Waals surface area contributed by atoms with Crippen molar-refractivity contribution in [3.8, 4) is 5.75 Å². The van der Waals surface area contributed by atoms with Crippen LogP contribution in [0.3, 0.4) is 0 Å². The number of fused-ring (bicyclic) bond motifs is 1. The summed E-state index contributed by atoms with van der Waals surface area (Å²) in [5, 5.41) is 0.559. The van der Waals surface area contributed by atoms with Crippen molar-refractivity contribution in [1.29, 1.82) is 0 Å². The van der Waals surface area contributed by atoms with Crippen molar-refractivity contribution < 1.29 is 13.9 Å². The summed E-state index contributed by atoms with van der Waals surface area (Å²) in [5.41, 5.74) is 2.59. The lowest BCUT2D eigenvalue weighted by Crippen LogP contribution is -2.07. The zero-order valence-electron chi connectivity index (χ0n) is 12.4. The minimum atomic E-state index is -0.507. The Bertz CT molecular complexity index is 926. The van der Waals surface area contributed by atoms with Crippen molar-refractivity contribution in [2.45, 2.75) is 12.8 Å². The van der Waals surface area contributed by atoms with Crippen molar-refractivity contribution in [2.75, 3.05) is 7.11 Å². The van der Waals surface area contributed by atoms with E-state index >= 15 is 0 Å². The molecule has 118 valence electrons. The van der Waals surface area contributed by atoms with Crippen LogP contribution in [0.15, 0.2) is 45.6 Å². The highest BCUT2D eigenvalue weighted by Crippen LogP contribution is 2.24. The quantitative estimate of drug-likeness (QED) is 0.779. The maximum Gasteiger partial charge on any atom is 0.417 e. The molecule has 0 bridgehead atoms. The maximum atomic E-state index is 12.3. The Morgan fingerprint density at radius 2 is 2.04 bits per heavy atom. The van der Waals surface area contributed by atoms with Gasteiger partial charge in [0.05, 0.1) is 12.6 Å². The topological polar surface area (TPSA) is 72.3 Å². The minimum absolute atomic E-state index is 0.0165. The molecule has 0 saturated carbocycles. The van der Waals surface area contributed by atoms with Crippen LogP contribution in [0.1, 0.15) is 11.1 Å². The molecule has 1 aromatic heterocycles. The molecule has 3 rings (SSSR count). The molecular formula is C17H14ClNO4. The Hall–Kier alpha value is -2.53. The number of oxazole rings is 1. The van der Waals surface area contributed by atoms with Crippen LogP contribution in [0.2, 0.25) is 5.02 Å². The number of rotatable bonds is 5. The third kappa shape index (κ3) is 3.46. The molecule has 0 unspecified atom stereocenters. The number of hydrogen-bond acceptors (Lipinski definition) is 4. The zero-order chi connectivity index (χ0) is 16.4. The van der Waals surface area contributed by atoms with Crippen LogP contribution in [0, 0.1) is 0 Å². The number of ether oxygens (including phenoxy) is 1. The van der Waals surface area contributed by atoms with Gasteiger partial charge in [0.15, 0.2) is 5.58 Å². The molecule has 0 aliphatic carbocycles. The smallest absolute Gasteiger partial charge is 0.417 e. The van der Waals surface area contributed by atoms with Gasteiger partial charge < -0.3 is 9.15 Å². The van der Waals surface area contributed by atoms with E-state index in [4.69, 9.17) is 20.8 Å². The molecule has 0 aliphatic rings. The second-order valence-corrected chi connectivity index (χ2v) is 5.63. The van der Waals surface area contributed by atoms with Crippen molar-refractivity contribution in [3.05, 3.63) is 63.1 Å². The van der Waals surface area contributed by atoms with Crippen LogP contribution in [-0.2, 0) is 17.6 Å². The van der Waals surface area contributed by atoms with Crippen LogP contribution in [0.25, 0.3) is 11.1 Å². The summed E-state index contributed by atoms with van der Waals surface area (Å²) in [6, 6.07) is 10.4. The summed E-state index contributed by atoms with van der Waals surface area (Å²) < 4.78 is 10.2. The lowest BCUT2D eigenvalue weighted by Gasteiger charge is -2.08. The first-order valence-electron chi connectivity index (χ1n) is 7.01. The minimum Gasteiger partial charge on any atom is -0.496 e. The number of halogens is 1. The molecule has 0 fully saturated rings. The van der Waals surface area contributed by atoms with Gasteiger partial charge in [0, 0.05) is 23.4 Å². The number of methoxy groups -OCH3 is 1. The second kappa shape index (κ2) is 6.30. The Labute approximate surface area is 136 Å². The van der Waals surface area contributed by atoms with Crippen LogP contribution < -0.4 is 10.5 Å². The molecule has 2 aromatic carbocycles. The number of hydrogen-bond donors (Lipinski definition) is 1. The van der Waals surface area contributed by atoms with E-state index in [-0.39, 0.29) is 18.6 Å². The van der Waals surface area contributed by atoms with Crippen molar-refractivity contribution in [1.82, 2.24) is 4.98 Å². The molecule has 0 spiro atoms. The Kier molecular flexibility index (Phi) is 4.21. The number of ketones is 1. The van der Waals surface area contributed by atoms with Crippen molar-refractivity contribution in [2.24, 2.45) is 0 Å². The Morgan fingerprint density at radius 3 is 2.83 bits per heavy atom. The monoisotopic (exact) mass is 331 g/mol. The summed E-state index contributed by atoms with van der Waals surface area (Å²) in [6.45, 7) is 0. The number of carbonyl (C=O) groups excluding carboxylic acids is 1. The van der Waals surface area contributed by atoms with E-state index < -0.39 is 5.76 Å². The van der Waals surface area contributed by atoms with Gasteiger partial charge in [-0.05, 0) is 35.9 Å². The maximum absolute atomic E-state index is 12.3. The van der Waals surface area contributed by atoms with Crippen LogP contribution in [0.5, 0.6) is 5.75 Å². The predicted octanol–water partition coefficient (Wildman–Crippen LogP) is 3.14. The third-order valence-corrected chi connectivity index (χ3v) is 3.75. The van der Waals surface area contributed by atoms with E-state index in [1.807, 2.05) is 0 Å². The number of H-pyrrole nitrogens is 1. The molecule has 0 saturated heterocycles. The molecule has 5 nitrogen and oxygen atoms in total. The molecule has 23 heavy (non-hydrogen) atoms.